The summed E-state index contributed by atoms with van der Waals surface area (Å²) in [5.41, 5.74) is 7.11. The Bertz CT molecular complexity index is 449. The van der Waals surface area contributed by atoms with Gasteiger partial charge in [-0.05, 0) is 36.2 Å². The van der Waals surface area contributed by atoms with Crippen LogP contribution in [-0.2, 0) is 17.9 Å². The van der Waals surface area contributed by atoms with Gasteiger partial charge in [-0.2, -0.15) is 0 Å². The number of hydrogen-bond acceptors (Lipinski definition) is 3. The van der Waals surface area contributed by atoms with Crippen molar-refractivity contribution in [2.75, 3.05) is 20.1 Å². The summed E-state index contributed by atoms with van der Waals surface area (Å²) in [7, 11) is 1.84. The maximum Gasteiger partial charge on any atom is 0.234 e. The highest BCUT2D eigenvalue weighted by Gasteiger charge is 2.08. The second-order valence-corrected chi connectivity index (χ2v) is 5.54. The zero-order chi connectivity index (χ0) is 15.1. The van der Waals surface area contributed by atoms with Gasteiger partial charge in [-0.1, -0.05) is 19.9 Å². The molecular formula is C15H24FN3O. The second kappa shape index (κ2) is 7.97. The normalized spacial score (nSPS) is 11.2. The third-order valence-electron chi connectivity index (χ3n) is 2.83. The van der Waals surface area contributed by atoms with Crippen molar-refractivity contribution >= 4 is 5.91 Å². The van der Waals surface area contributed by atoms with E-state index >= 15 is 0 Å². The second-order valence-electron chi connectivity index (χ2n) is 5.54. The van der Waals surface area contributed by atoms with Gasteiger partial charge >= 0.3 is 0 Å². The average Bonchev–Trinajstić information content (AvgIpc) is 2.35. The molecule has 0 atom stereocenters. The molecule has 0 spiro atoms. The number of nitrogens with one attached hydrogen (secondary N) is 1. The highest BCUT2D eigenvalue weighted by molar-refractivity contribution is 5.77. The molecule has 5 heteroatoms. The first-order valence-corrected chi connectivity index (χ1v) is 6.84. The number of carbonyl (C=O) groups is 1. The van der Waals surface area contributed by atoms with Crippen LogP contribution in [0.25, 0.3) is 0 Å². The van der Waals surface area contributed by atoms with Gasteiger partial charge in [-0.25, -0.2) is 4.39 Å². The lowest BCUT2D eigenvalue weighted by molar-refractivity contribution is -0.122. The first-order valence-electron chi connectivity index (χ1n) is 6.84. The lowest BCUT2D eigenvalue weighted by atomic mass is 10.1. The van der Waals surface area contributed by atoms with Crippen molar-refractivity contribution in [2.45, 2.75) is 26.9 Å². The number of hydrogen-bond donors (Lipinski definition) is 2. The van der Waals surface area contributed by atoms with E-state index in [1.165, 1.54) is 12.1 Å². The lowest BCUT2D eigenvalue weighted by Crippen LogP contribution is -2.36. The highest BCUT2D eigenvalue weighted by Crippen LogP contribution is 2.10. The van der Waals surface area contributed by atoms with Crippen LogP contribution in [0, 0.1) is 11.7 Å². The molecule has 112 valence electrons. The molecule has 1 aromatic rings. The third-order valence-corrected chi connectivity index (χ3v) is 2.83. The summed E-state index contributed by atoms with van der Waals surface area (Å²) in [4.78, 5) is 13.5. The van der Waals surface area contributed by atoms with Crippen molar-refractivity contribution < 1.29 is 9.18 Å². The number of likely N-dealkylation sites (N-methyl/N-ethyl adjacent to an activating group) is 1. The quantitative estimate of drug-likeness (QED) is 0.796. The van der Waals surface area contributed by atoms with Crippen molar-refractivity contribution in [3.8, 4) is 0 Å². The SMILES string of the molecule is CC(C)CNC(=O)CN(C)Cc1cc(F)cc(CN)c1. The van der Waals surface area contributed by atoms with Crippen LogP contribution in [-0.4, -0.2) is 30.9 Å². The molecule has 0 aliphatic carbocycles. The maximum absolute atomic E-state index is 13.4. The van der Waals surface area contributed by atoms with E-state index in [-0.39, 0.29) is 11.7 Å². The average molecular weight is 281 g/mol. The Morgan fingerprint density at radius 2 is 2.00 bits per heavy atom. The van der Waals surface area contributed by atoms with Crippen LogP contribution >= 0.6 is 0 Å². The number of rotatable bonds is 7. The molecule has 0 fully saturated rings. The smallest absolute Gasteiger partial charge is 0.234 e. The fraction of sp³-hybridized carbons (Fsp3) is 0.533. The topological polar surface area (TPSA) is 58.4 Å². The molecule has 0 unspecified atom stereocenters. The van der Waals surface area contributed by atoms with Gasteiger partial charge in [-0.3, -0.25) is 9.69 Å². The lowest BCUT2D eigenvalue weighted by Gasteiger charge is -2.17. The van der Waals surface area contributed by atoms with Crippen LogP contribution in [0.15, 0.2) is 18.2 Å². The molecule has 0 aliphatic heterocycles. The predicted molar refractivity (Wildman–Crippen MR) is 78.5 cm³/mol. The van der Waals surface area contributed by atoms with Crippen LogP contribution in [0.1, 0.15) is 25.0 Å². The van der Waals surface area contributed by atoms with E-state index in [4.69, 9.17) is 5.73 Å². The van der Waals surface area contributed by atoms with Crippen molar-refractivity contribution in [3.05, 3.63) is 35.1 Å². The van der Waals surface area contributed by atoms with E-state index in [0.29, 0.717) is 32.1 Å². The Labute approximate surface area is 120 Å². The van der Waals surface area contributed by atoms with E-state index < -0.39 is 0 Å². The molecule has 20 heavy (non-hydrogen) atoms. The van der Waals surface area contributed by atoms with Crippen LogP contribution in [0.4, 0.5) is 4.39 Å². The van der Waals surface area contributed by atoms with Gasteiger partial charge in [-0.15, -0.1) is 0 Å². The largest absolute Gasteiger partial charge is 0.355 e. The standard InChI is InChI=1S/C15H24FN3O/c1-11(2)8-18-15(20)10-19(3)9-13-4-12(7-17)5-14(16)6-13/h4-6,11H,7-10,17H2,1-3H3,(H,18,20). The van der Waals surface area contributed by atoms with Gasteiger partial charge in [0.2, 0.25) is 5.91 Å². The Morgan fingerprint density at radius 3 is 2.60 bits per heavy atom. The van der Waals surface area contributed by atoms with Crippen molar-refractivity contribution in [2.24, 2.45) is 11.7 Å². The van der Waals surface area contributed by atoms with E-state index in [1.54, 1.807) is 0 Å². The maximum atomic E-state index is 13.4. The van der Waals surface area contributed by atoms with Crippen LogP contribution in [0.3, 0.4) is 0 Å². The molecule has 0 heterocycles. The number of carbonyl (C=O) groups excluding carboxylic acids is 1. The summed E-state index contributed by atoms with van der Waals surface area (Å²) in [6.07, 6.45) is 0. The zero-order valence-corrected chi connectivity index (χ0v) is 12.4. The first-order chi connectivity index (χ1) is 9.40. The minimum Gasteiger partial charge on any atom is -0.355 e. The van der Waals surface area contributed by atoms with Crippen molar-refractivity contribution in [1.29, 1.82) is 0 Å². The molecule has 3 N–H and O–H groups in total. The number of nitrogens with zero attached hydrogens (tertiary/aromatic N) is 1. The molecule has 4 nitrogen and oxygen atoms in total. The molecule has 0 saturated carbocycles. The fourth-order valence-electron chi connectivity index (χ4n) is 1.91. The zero-order valence-electron chi connectivity index (χ0n) is 12.4. The van der Waals surface area contributed by atoms with Gasteiger partial charge in [0.1, 0.15) is 5.82 Å². The molecule has 0 bridgehead atoms. The van der Waals surface area contributed by atoms with E-state index in [0.717, 1.165) is 11.1 Å². The van der Waals surface area contributed by atoms with Crippen molar-refractivity contribution in [3.63, 3.8) is 0 Å². The monoisotopic (exact) mass is 281 g/mol. The summed E-state index contributed by atoms with van der Waals surface area (Å²) in [5.74, 6) is 0.122. The predicted octanol–water partition coefficient (Wildman–Crippen LogP) is 1.49. The van der Waals surface area contributed by atoms with Crippen molar-refractivity contribution in [1.82, 2.24) is 10.2 Å². The van der Waals surface area contributed by atoms with Gasteiger partial charge in [0, 0.05) is 19.6 Å². The number of nitrogens with two attached hydrogens (primary N) is 1. The molecule has 1 rings (SSSR count). The summed E-state index contributed by atoms with van der Waals surface area (Å²) in [6, 6.07) is 4.77. The number of halogens is 1. The number of amides is 1. The van der Waals surface area contributed by atoms with Crippen LogP contribution in [0.2, 0.25) is 0 Å². The van der Waals surface area contributed by atoms with Crippen LogP contribution < -0.4 is 11.1 Å². The van der Waals surface area contributed by atoms with E-state index in [2.05, 4.69) is 5.32 Å². The molecule has 1 aromatic carbocycles. The fourth-order valence-corrected chi connectivity index (χ4v) is 1.91. The highest BCUT2D eigenvalue weighted by atomic mass is 19.1. The molecule has 1 amide bonds. The third kappa shape index (κ3) is 6.12. The first kappa shape index (κ1) is 16.6. The van der Waals surface area contributed by atoms with Gasteiger partial charge in [0.15, 0.2) is 0 Å². The summed E-state index contributed by atoms with van der Waals surface area (Å²) in [6.45, 7) is 5.88. The Hall–Kier alpha value is -1.46. The van der Waals surface area contributed by atoms with E-state index in [1.807, 2.05) is 31.9 Å². The number of benzene rings is 1. The molecule has 0 aliphatic rings. The molecule has 0 radical (unpaired) electrons. The summed E-state index contributed by atoms with van der Waals surface area (Å²) < 4.78 is 13.4. The molecule has 0 aromatic heterocycles. The Balaban J connectivity index is 2.51. The van der Waals surface area contributed by atoms with Gasteiger partial charge < -0.3 is 11.1 Å². The van der Waals surface area contributed by atoms with Gasteiger partial charge in [0.25, 0.3) is 0 Å². The van der Waals surface area contributed by atoms with E-state index in [9.17, 15) is 9.18 Å². The Morgan fingerprint density at radius 1 is 1.35 bits per heavy atom. The molecule has 0 saturated heterocycles. The minimum absolute atomic E-state index is 0.0170. The Kier molecular flexibility index (Phi) is 6.61. The summed E-state index contributed by atoms with van der Waals surface area (Å²) in [5, 5.41) is 2.86. The van der Waals surface area contributed by atoms with Crippen LogP contribution in [0.5, 0.6) is 0 Å². The summed E-state index contributed by atoms with van der Waals surface area (Å²) >= 11 is 0. The molecular weight excluding hydrogens is 257 g/mol. The minimum atomic E-state index is -0.291. The van der Waals surface area contributed by atoms with Gasteiger partial charge in [0.05, 0.1) is 6.54 Å².